The Hall–Kier alpha value is -3.00. The molecule has 0 aliphatic carbocycles. The summed E-state index contributed by atoms with van der Waals surface area (Å²) in [6.07, 6.45) is 1.55. The van der Waals surface area contributed by atoms with Gasteiger partial charge < -0.3 is 16.4 Å². The van der Waals surface area contributed by atoms with Gasteiger partial charge in [0, 0.05) is 30.0 Å². The molecule has 0 fully saturated rings. The number of anilines is 3. The van der Waals surface area contributed by atoms with E-state index in [-0.39, 0.29) is 11.9 Å². The molecule has 0 aliphatic rings. The summed E-state index contributed by atoms with van der Waals surface area (Å²) >= 11 is 1.69. The summed E-state index contributed by atoms with van der Waals surface area (Å²) in [6.45, 7) is 0.625. The Morgan fingerprint density at radius 2 is 1.88 bits per heavy atom. The second kappa shape index (κ2) is 8.91. The Morgan fingerprint density at radius 1 is 1.04 bits per heavy atom. The van der Waals surface area contributed by atoms with Crippen molar-refractivity contribution in [2.75, 3.05) is 17.6 Å². The number of nitrogen functional groups attached to an aromatic ring is 1. The lowest BCUT2D eigenvalue weighted by Crippen LogP contribution is -2.26. The lowest BCUT2D eigenvalue weighted by Gasteiger charge is -2.07. The number of carbonyl (C=O) groups is 1. The van der Waals surface area contributed by atoms with Gasteiger partial charge in [0.1, 0.15) is 5.82 Å². The molecule has 0 bridgehead atoms. The molecule has 0 atom stereocenters. The zero-order valence-corrected chi connectivity index (χ0v) is 15.0. The Kier molecular flexibility index (Phi) is 6.10. The van der Waals surface area contributed by atoms with Crippen LogP contribution in [0.1, 0.15) is 17.1 Å². The average molecular weight is 368 g/mol. The smallest absolute Gasteiger partial charge is 0.232 e. The molecule has 0 unspecified atom stereocenters. The molecule has 0 saturated carbocycles. The fourth-order valence-corrected chi connectivity index (χ4v) is 3.06. The van der Waals surface area contributed by atoms with Gasteiger partial charge in [0.2, 0.25) is 17.8 Å². The summed E-state index contributed by atoms with van der Waals surface area (Å²) in [5.74, 6) is 0.964. The summed E-state index contributed by atoms with van der Waals surface area (Å²) in [6, 6.07) is 13.6. The van der Waals surface area contributed by atoms with Gasteiger partial charge in [0.05, 0.1) is 0 Å². The number of hydrogen-bond acceptors (Lipinski definition) is 7. The molecular formula is C18H20N6OS. The molecule has 134 valence electrons. The highest BCUT2D eigenvalue weighted by Crippen LogP contribution is 2.13. The van der Waals surface area contributed by atoms with Crippen molar-refractivity contribution in [1.82, 2.24) is 20.3 Å². The Morgan fingerprint density at radius 3 is 2.65 bits per heavy atom. The van der Waals surface area contributed by atoms with E-state index in [1.165, 1.54) is 4.88 Å². The van der Waals surface area contributed by atoms with Crippen molar-refractivity contribution in [1.29, 1.82) is 0 Å². The van der Waals surface area contributed by atoms with Gasteiger partial charge in [-0.2, -0.15) is 15.0 Å². The maximum atomic E-state index is 12.0. The third-order valence-corrected chi connectivity index (χ3v) is 4.51. The number of hydrogen-bond donors (Lipinski definition) is 3. The first-order chi connectivity index (χ1) is 12.7. The highest BCUT2D eigenvalue weighted by molar-refractivity contribution is 7.09. The Bertz CT molecular complexity index is 838. The number of nitrogens with one attached hydrogen (secondary N) is 2. The first-order valence-corrected chi connectivity index (χ1v) is 9.18. The number of aryl methyl sites for hydroxylation is 1. The molecule has 1 amide bonds. The molecule has 3 aromatic rings. The van der Waals surface area contributed by atoms with Crippen molar-refractivity contribution in [3.05, 3.63) is 58.5 Å². The van der Waals surface area contributed by atoms with Crippen LogP contribution in [0.3, 0.4) is 0 Å². The molecule has 7 nitrogen and oxygen atoms in total. The number of aromatic nitrogens is 3. The van der Waals surface area contributed by atoms with Crippen LogP contribution >= 0.6 is 11.3 Å². The molecule has 8 heteroatoms. The molecule has 2 heterocycles. The molecule has 26 heavy (non-hydrogen) atoms. The first kappa shape index (κ1) is 17.8. The maximum Gasteiger partial charge on any atom is 0.232 e. The van der Waals surface area contributed by atoms with Crippen LogP contribution in [0.4, 0.5) is 17.6 Å². The molecule has 0 saturated heterocycles. The number of nitrogens with two attached hydrogens (primary N) is 1. The standard InChI is InChI=1S/C18H20N6OS/c19-17-22-15(23-18(24-17)21-13-5-2-1-3-6-13)8-9-16(25)20-11-10-14-7-4-12-26-14/h1-7,12H,8-11H2,(H,20,25)(H3,19,21,22,23,24). The number of thiophene rings is 1. The monoisotopic (exact) mass is 368 g/mol. The lowest BCUT2D eigenvalue weighted by atomic mass is 10.2. The van der Waals surface area contributed by atoms with Crippen LogP contribution in [-0.2, 0) is 17.6 Å². The van der Waals surface area contributed by atoms with Gasteiger partial charge in [0.15, 0.2) is 0 Å². The van der Waals surface area contributed by atoms with Gasteiger partial charge in [0.25, 0.3) is 0 Å². The van der Waals surface area contributed by atoms with Crippen molar-refractivity contribution in [2.24, 2.45) is 0 Å². The van der Waals surface area contributed by atoms with Crippen molar-refractivity contribution in [3.8, 4) is 0 Å². The van der Waals surface area contributed by atoms with Crippen LogP contribution in [0.5, 0.6) is 0 Å². The van der Waals surface area contributed by atoms with E-state index in [1.54, 1.807) is 11.3 Å². The zero-order valence-electron chi connectivity index (χ0n) is 14.2. The minimum atomic E-state index is -0.0295. The zero-order chi connectivity index (χ0) is 18.2. The highest BCUT2D eigenvalue weighted by atomic mass is 32.1. The van der Waals surface area contributed by atoms with E-state index < -0.39 is 0 Å². The number of carbonyl (C=O) groups excluding carboxylic acids is 1. The molecular weight excluding hydrogens is 348 g/mol. The summed E-state index contributed by atoms with van der Waals surface area (Å²) in [4.78, 5) is 25.8. The minimum absolute atomic E-state index is 0.0295. The topological polar surface area (TPSA) is 106 Å². The van der Waals surface area contributed by atoms with E-state index in [4.69, 9.17) is 5.73 Å². The number of benzene rings is 1. The normalized spacial score (nSPS) is 10.5. The first-order valence-electron chi connectivity index (χ1n) is 8.30. The van der Waals surface area contributed by atoms with Crippen molar-refractivity contribution < 1.29 is 4.79 Å². The summed E-state index contributed by atoms with van der Waals surface area (Å²) in [5, 5.41) is 8.02. The highest BCUT2D eigenvalue weighted by Gasteiger charge is 2.08. The Balaban J connectivity index is 1.50. The largest absolute Gasteiger partial charge is 0.368 e. The van der Waals surface area contributed by atoms with Crippen LogP contribution in [0.25, 0.3) is 0 Å². The van der Waals surface area contributed by atoms with Gasteiger partial charge >= 0.3 is 0 Å². The van der Waals surface area contributed by atoms with Crippen LogP contribution in [0.15, 0.2) is 47.8 Å². The van der Waals surface area contributed by atoms with Crippen LogP contribution in [0, 0.1) is 0 Å². The molecule has 3 rings (SSSR count). The quantitative estimate of drug-likeness (QED) is 0.564. The van der Waals surface area contributed by atoms with E-state index >= 15 is 0 Å². The van der Waals surface area contributed by atoms with Crippen molar-refractivity contribution in [3.63, 3.8) is 0 Å². The molecule has 0 spiro atoms. The van der Waals surface area contributed by atoms with Crippen LogP contribution < -0.4 is 16.4 Å². The Labute approximate surface area is 155 Å². The van der Waals surface area contributed by atoms with Gasteiger partial charge in [-0.1, -0.05) is 24.3 Å². The molecule has 1 aromatic carbocycles. The van der Waals surface area contributed by atoms with E-state index in [2.05, 4.69) is 31.7 Å². The van der Waals surface area contributed by atoms with Gasteiger partial charge in [-0.3, -0.25) is 4.79 Å². The fourth-order valence-electron chi connectivity index (χ4n) is 2.35. The number of para-hydroxylation sites is 1. The van der Waals surface area contributed by atoms with Gasteiger partial charge in [-0.05, 0) is 30.0 Å². The molecule has 0 aliphatic heterocycles. The van der Waals surface area contributed by atoms with E-state index in [0.717, 1.165) is 12.1 Å². The third-order valence-electron chi connectivity index (χ3n) is 3.58. The second-order valence-corrected chi connectivity index (χ2v) is 6.64. The predicted molar refractivity (Wildman–Crippen MR) is 103 cm³/mol. The second-order valence-electron chi connectivity index (χ2n) is 5.60. The molecule has 4 N–H and O–H groups in total. The third kappa shape index (κ3) is 5.52. The van der Waals surface area contributed by atoms with Crippen LogP contribution in [0.2, 0.25) is 0 Å². The van der Waals surface area contributed by atoms with Gasteiger partial charge in [-0.25, -0.2) is 0 Å². The minimum Gasteiger partial charge on any atom is -0.368 e. The number of rotatable bonds is 8. The van der Waals surface area contributed by atoms with Gasteiger partial charge in [-0.15, -0.1) is 11.3 Å². The summed E-state index contributed by atoms with van der Waals surface area (Å²) in [7, 11) is 0. The molecule has 2 aromatic heterocycles. The lowest BCUT2D eigenvalue weighted by molar-refractivity contribution is -0.121. The molecule has 0 radical (unpaired) electrons. The van der Waals surface area contributed by atoms with E-state index in [0.29, 0.717) is 31.2 Å². The SMILES string of the molecule is Nc1nc(CCC(=O)NCCc2cccs2)nc(Nc2ccccc2)n1. The van der Waals surface area contributed by atoms with Crippen LogP contribution in [-0.4, -0.2) is 27.4 Å². The maximum absolute atomic E-state index is 12.0. The van der Waals surface area contributed by atoms with Crippen molar-refractivity contribution >= 4 is 34.8 Å². The summed E-state index contributed by atoms with van der Waals surface area (Å²) in [5.41, 5.74) is 6.61. The average Bonchev–Trinajstić information content (AvgIpc) is 3.14. The predicted octanol–water partition coefficient (Wildman–Crippen LogP) is 2.55. The van der Waals surface area contributed by atoms with E-state index in [9.17, 15) is 4.79 Å². The fraction of sp³-hybridized carbons (Fsp3) is 0.222. The van der Waals surface area contributed by atoms with Crippen molar-refractivity contribution in [2.45, 2.75) is 19.3 Å². The summed E-state index contributed by atoms with van der Waals surface area (Å²) < 4.78 is 0. The number of nitrogens with zero attached hydrogens (tertiary/aromatic N) is 3. The van der Waals surface area contributed by atoms with E-state index in [1.807, 2.05) is 41.8 Å². The number of amides is 1.